The van der Waals surface area contributed by atoms with Crippen molar-refractivity contribution in [1.82, 2.24) is 19.7 Å². The first-order chi connectivity index (χ1) is 8.25. The minimum absolute atomic E-state index is 0.837. The van der Waals surface area contributed by atoms with E-state index >= 15 is 0 Å². The van der Waals surface area contributed by atoms with Crippen molar-refractivity contribution in [2.75, 3.05) is 0 Å². The van der Waals surface area contributed by atoms with Crippen molar-refractivity contribution >= 4 is 22.8 Å². The highest BCUT2D eigenvalue weighted by atomic mass is 32.2. The molecule has 0 radical (unpaired) electrons. The molecule has 0 spiro atoms. The summed E-state index contributed by atoms with van der Waals surface area (Å²) in [6, 6.07) is 1.93. The molecule has 0 fully saturated rings. The first kappa shape index (κ1) is 10.3. The second kappa shape index (κ2) is 3.89. The maximum absolute atomic E-state index is 5.27. The van der Waals surface area contributed by atoms with Crippen molar-refractivity contribution in [2.24, 2.45) is 7.05 Å². The van der Waals surface area contributed by atoms with E-state index in [0.29, 0.717) is 0 Å². The summed E-state index contributed by atoms with van der Waals surface area (Å²) in [6.45, 7) is 1.93. The highest BCUT2D eigenvalue weighted by molar-refractivity contribution is 7.99. The van der Waals surface area contributed by atoms with Crippen LogP contribution in [0.2, 0.25) is 0 Å². The normalized spacial score (nSPS) is 11.2. The minimum atomic E-state index is 0.837. The van der Waals surface area contributed by atoms with Gasteiger partial charge in [0.2, 0.25) is 0 Å². The van der Waals surface area contributed by atoms with Gasteiger partial charge in [0.1, 0.15) is 17.1 Å². The van der Waals surface area contributed by atoms with Crippen LogP contribution in [-0.4, -0.2) is 19.7 Å². The number of aromatic nitrogens is 4. The summed E-state index contributed by atoms with van der Waals surface area (Å²) < 4.78 is 7.01. The lowest BCUT2D eigenvalue weighted by Crippen LogP contribution is -1.92. The van der Waals surface area contributed by atoms with E-state index in [-0.39, 0.29) is 0 Å². The van der Waals surface area contributed by atoms with E-state index < -0.39 is 0 Å². The Morgan fingerprint density at radius 1 is 1.35 bits per heavy atom. The van der Waals surface area contributed by atoms with Crippen LogP contribution in [0.5, 0.6) is 0 Å². The largest absolute Gasteiger partial charge is 0.468 e. The maximum Gasteiger partial charge on any atom is 0.162 e. The van der Waals surface area contributed by atoms with Gasteiger partial charge in [-0.05, 0) is 13.0 Å². The molecule has 0 saturated heterocycles. The van der Waals surface area contributed by atoms with E-state index in [4.69, 9.17) is 4.42 Å². The fraction of sp³-hybridized carbons (Fsp3) is 0.182. The number of furan rings is 1. The van der Waals surface area contributed by atoms with Crippen LogP contribution >= 0.6 is 11.8 Å². The molecule has 0 N–H and O–H groups in total. The standard InChI is InChI=1S/C11H10N4OS/c1-7-9(3-4-16-7)17-11-8-5-14-15(2)10(8)12-6-13-11/h3-6H,1-2H3. The number of hydrogen-bond acceptors (Lipinski definition) is 5. The molecular weight excluding hydrogens is 236 g/mol. The fourth-order valence-electron chi connectivity index (χ4n) is 1.61. The molecule has 17 heavy (non-hydrogen) atoms. The molecule has 0 unspecified atom stereocenters. The van der Waals surface area contributed by atoms with Crippen LogP contribution in [-0.2, 0) is 7.05 Å². The molecule has 0 bridgehead atoms. The molecule has 0 aromatic carbocycles. The zero-order valence-electron chi connectivity index (χ0n) is 9.41. The minimum Gasteiger partial charge on any atom is -0.468 e. The van der Waals surface area contributed by atoms with Crippen molar-refractivity contribution in [3.8, 4) is 0 Å². The lowest BCUT2D eigenvalue weighted by Gasteiger charge is -2.00. The highest BCUT2D eigenvalue weighted by Gasteiger charge is 2.11. The molecule has 3 heterocycles. The average molecular weight is 246 g/mol. The van der Waals surface area contributed by atoms with Crippen molar-refractivity contribution in [2.45, 2.75) is 16.8 Å². The van der Waals surface area contributed by atoms with Gasteiger partial charge in [0.25, 0.3) is 0 Å². The molecule has 6 heteroatoms. The number of fused-ring (bicyclic) bond motifs is 1. The first-order valence-electron chi connectivity index (χ1n) is 5.10. The Bertz CT molecular complexity index is 673. The molecule has 0 saturated carbocycles. The average Bonchev–Trinajstić information content (AvgIpc) is 2.89. The zero-order valence-corrected chi connectivity index (χ0v) is 10.2. The zero-order chi connectivity index (χ0) is 11.8. The summed E-state index contributed by atoms with van der Waals surface area (Å²) in [5.41, 5.74) is 0.837. The van der Waals surface area contributed by atoms with Crippen molar-refractivity contribution < 1.29 is 4.42 Å². The summed E-state index contributed by atoms with van der Waals surface area (Å²) >= 11 is 1.57. The van der Waals surface area contributed by atoms with Gasteiger partial charge in [0, 0.05) is 7.05 Å². The molecule has 3 aromatic heterocycles. The van der Waals surface area contributed by atoms with Crippen LogP contribution in [0.25, 0.3) is 11.0 Å². The van der Waals surface area contributed by atoms with Crippen molar-refractivity contribution in [3.05, 3.63) is 30.6 Å². The molecule has 0 aliphatic rings. The van der Waals surface area contributed by atoms with E-state index in [9.17, 15) is 0 Å². The number of nitrogens with zero attached hydrogens (tertiary/aromatic N) is 4. The molecule has 3 rings (SSSR count). The lowest BCUT2D eigenvalue weighted by atomic mass is 10.4. The van der Waals surface area contributed by atoms with Crippen LogP contribution in [0.3, 0.4) is 0 Å². The smallest absolute Gasteiger partial charge is 0.162 e. The first-order valence-corrected chi connectivity index (χ1v) is 5.92. The van der Waals surface area contributed by atoms with E-state index in [1.54, 1.807) is 35.2 Å². The van der Waals surface area contributed by atoms with Gasteiger partial charge in [-0.25, -0.2) is 9.97 Å². The van der Waals surface area contributed by atoms with Crippen LogP contribution in [0.1, 0.15) is 5.76 Å². The Balaban J connectivity index is 2.09. The van der Waals surface area contributed by atoms with Crippen LogP contribution in [0.15, 0.2) is 39.2 Å². The van der Waals surface area contributed by atoms with Crippen molar-refractivity contribution in [1.29, 1.82) is 0 Å². The third kappa shape index (κ3) is 1.70. The second-order valence-electron chi connectivity index (χ2n) is 3.63. The van der Waals surface area contributed by atoms with Crippen molar-refractivity contribution in [3.63, 3.8) is 0 Å². The van der Waals surface area contributed by atoms with Crippen LogP contribution in [0, 0.1) is 6.92 Å². The van der Waals surface area contributed by atoms with E-state index in [2.05, 4.69) is 15.1 Å². The van der Waals surface area contributed by atoms with E-state index in [1.807, 2.05) is 20.0 Å². The van der Waals surface area contributed by atoms with Crippen LogP contribution in [0.4, 0.5) is 0 Å². The fourth-order valence-corrected chi connectivity index (χ4v) is 2.48. The summed E-state index contributed by atoms with van der Waals surface area (Å²) in [4.78, 5) is 9.56. The van der Waals surface area contributed by atoms with E-state index in [1.165, 1.54) is 0 Å². The summed E-state index contributed by atoms with van der Waals surface area (Å²) in [5.74, 6) is 0.894. The van der Waals surface area contributed by atoms with Gasteiger partial charge >= 0.3 is 0 Å². The molecule has 0 amide bonds. The second-order valence-corrected chi connectivity index (χ2v) is 4.66. The van der Waals surface area contributed by atoms with Crippen LogP contribution < -0.4 is 0 Å². The van der Waals surface area contributed by atoms with Gasteiger partial charge in [0.15, 0.2) is 5.65 Å². The quantitative estimate of drug-likeness (QED) is 0.650. The Morgan fingerprint density at radius 2 is 2.24 bits per heavy atom. The van der Waals surface area contributed by atoms with Gasteiger partial charge in [-0.3, -0.25) is 4.68 Å². The predicted octanol–water partition coefficient (Wildman–Crippen LogP) is 2.42. The third-order valence-corrected chi connectivity index (χ3v) is 3.67. The van der Waals surface area contributed by atoms with Gasteiger partial charge < -0.3 is 4.42 Å². The third-order valence-electron chi connectivity index (χ3n) is 2.51. The van der Waals surface area contributed by atoms with Gasteiger partial charge in [-0.2, -0.15) is 5.10 Å². The molecule has 5 nitrogen and oxygen atoms in total. The molecule has 0 atom stereocenters. The topological polar surface area (TPSA) is 56.7 Å². The maximum atomic E-state index is 5.27. The molecular formula is C11H10N4OS. The van der Waals surface area contributed by atoms with E-state index in [0.717, 1.165) is 26.7 Å². The molecule has 3 aromatic rings. The summed E-state index contributed by atoms with van der Waals surface area (Å²) in [7, 11) is 1.87. The molecule has 0 aliphatic heterocycles. The Hall–Kier alpha value is -1.82. The number of hydrogen-bond donors (Lipinski definition) is 0. The monoisotopic (exact) mass is 246 g/mol. The summed E-state index contributed by atoms with van der Waals surface area (Å²) in [6.07, 6.45) is 5.02. The Labute approximate surface area is 102 Å². The highest BCUT2D eigenvalue weighted by Crippen LogP contribution is 2.32. The number of aryl methyl sites for hydroxylation is 2. The Kier molecular flexibility index (Phi) is 2.36. The van der Waals surface area contributed by atoms with Gasteiger partial charge in [-0.1, -0.05) is 11.8 Å². The molecule has 0 aliphatic carbocycles. The summed E-state index contributed by atoms with van der Waals surface area (Å²) in [5, 5.41) is 6.04. The molecule has 86 valence electrons. The number of rotatable bonds is 2. The predicted molar refractivity (Wildman–Crippen MR) is 63.9 cm³/mol. The lowest BCUT2D eigenvalue weighted by molar-refractivity contribution is 0.527. The SMILES string of the molecule is Cc1occc1Sc1ncnc2c1cnn2C. The van der Waals surface area contributed by atoms with Gasteiger partial charge in [-0.15, -0.1) is 0 Å². The Morgan fingerprint density at radius 3 is 3.00 bits per heavy atom. The van der Waals surface area contributed by atoms with Gasteiger partial charge in [0.05, 0.1) is 22.7 Å².